The zero-order valence-electron chi connectivity index (χ0n) is 13.5. The Balaban J connectivity index is 2.25. The Kier molecular flexibility index (Phi) is 4.45. The van der Waals surface area contributed by atoms with Crippen LogP contribution in [0.25, 0.3) is 11.0 Å². The first kappa shape index (κ1) is 17.0. The minimum atomic E-state index is -4.07. The lowest BCUT2D eigenvalue weighted by atomic mass is 10.3. The van der Waals surface area contributed by atoms with E-state index in [1.807, 2.05) is 0 Å². The standard InChI is InChI=1S/C17H17N3O4S/c1-2-18-16(21)12-19-14-10-6-7-11-15(14)20(17(19)22)25(23,24)13-8-4-3-5-9-13/h3-11H,2,12H2,1H3,(H,18,21). The first-order chi connectivity index (χ1) is 12.0. The van der Waals surface area contributed by atoms with Crippen molar-refractivity contribution in [2.75, 3.05) is 6.54 Å². The summed E-state index contributed by atoms with van der Waals surface area (Å²) in [4.78, 5) is 24.7. The van der Waals surface area contributed by atoms with Crippen molar-refractivity contribution in [1.29, 1.82) is 0 Å². The SMILES string of the molecule is CCNC(=O)Cn1c(=O)n(S(=O)(=O)c2ccccc2)c2ccccc21. The number of hydrogen-bond acceptors (Lipinski definition) is 4. The molecule has 0 atom stereocenters. The Hall–Kier alpha value is -2.87. The molecule has 3 rings (SSSR count). The predicted molar refractivity (Wildman–Crippen MR) is 93.9 cm³/mol. The van der Waals surface area contributed by atoms with Gasteiger partial charge in [0.15, 0.2) is 0 Å². The average Bonchev–Trinajstić information content (AvgIpc) is 2.88. The normalized spacial score (nSPS) is 11.6. The zero-order chi connectivity index (χ0) is 18.0. The van der Waals surface area contributed by atoms with Gasteiger partial charge in [0.05, 0.1) is 15.9 Å². The Labute approximate surface area is 144 Å². The van der Waals surface area contributed by atoms with Gasteiger partial charge in [-0.3, -0.25) is 9.36 Å². The number of imidazole rings is 1. The Morgan fingerprint density at radius 1 is 1.00 bits per heavy atom. The van der Waals surface area contributed by atoms with Crippen molar-refractivity contribution in [3.05, 3.63) is 65.1 Å². The van der Waals surface area contributed by atoms with E-state index in [1.54, 1.807) is 49.4 Å². The molecule has 7 nitrogen and oxygen atoms in total. The molecule has 0 unspecified atom stereocenters. The van der Waals surface area contributed by atoms with Crippen LogP contribution < -0.4 is 11.0 Å². The molecule has 25 heavy (non-hydrogen) atoms. The van der Waals surface area contributed by atoms with E-state index in [-0.39, 0.29) is 22.9 Å². The van der Waals surface area contributed by atoms with E-state index in [1.165, 1.54) is 16.7 Å². The summed E-state index contributed by atoms with van der Waals surface area (Å²) in [5.74, 6) is -0.357. The highest BCUT2D eigenvalue weighted by Crippen LogP contribution is 2.19. The van der Waals surface area contributed by atoms with Gasteiger partial charge in [-0.1, -0.05) is 30.3 Å². The number of benzene rings is 2. The molecule has 0 fully saturated rings. The van der Waals surface area contributed by atoms with Gasteiger partial charge >= 0.3 is 5.69 Å². The van der Waals surface area contributed by atoms with Gasteiger partial charge in [0, 0.05) is 6.54 Å². The highest BCUT2D eigenvalue weighted by molar-refractivity contribution is 7.90. The molecule has 1 amide bonds. The third kappa shape index (κ3) is 2.96. The van der Waals surface area contributed by atoms with Crippen LogP contribution in [-0.4, -0.2) is 29.4 Å². The van der Waals surface area contributed by atoms with Crippen molar-refractivity contribution in [1.82, 2.24) is 13.9 Å². The molecule has 0 aliphatic rings. The quantitative estimate of drug-likeness (QED) is 0.741. The summed E-state index contributed by atoms with van der Waals surface area (Å²) in [7, 11) is -4.07. The van der Waals surface area contributed by atoms with Crippen molar-refractivity contribution in [3.63, 3.8) is 0 Å². The van der Waals surface area contributed by atoms with E-state index in [9.17, 15) is 18.0 Å². The molecule has 1 N–H and O–H groups in total. The maximum absolute atomic E-state index is 12.9. The number of rotatable bonds is 5. The molecule has 130 valence electrons. The summed E-state index contributed by atoms with van der Waals surface area (Å²) in [5, 5.41) is 2.61. The highest BCUT2D eigenvalue weighted by Gasteiger charge is 2.25. The van der Waals surface area contributed by atoms with Crippen LogP contribution in [0.15, 0.2) is 64.3 Å². The third-order valence-corrected chi connectivity index (χ3v) is 5.45. The van der Waals surface area contributed by atoms with E-state index in [0.29, 0.717) is 12.1 Å². The fraction of sp³-hybridized carbons (Fsp3) is 0.176. The smallest absolute Gasteiger partial charge is 0.343 e. The van der Waals surface area contributed by atoms with Crippen LogP contribution in [0.1, 0.15) is 6.92 Å². The second-order valence-electron chi connectivity index (χ2n) is 5.39. The fourth-order valence-corrected chi connectivity index (χ4v) is 4.09. The lowest BCUT2D eigenvalue weighted by Crippen LogP contribution is -2.34. The maximum atomic E-state index is 12.9. The minimum absolute atomic E-state index is 0.0120. The lowest BCUT2D eigenvalue weighted by molar-refractivity contribution is -0.121. The van der Waals surface area contributed by atoms with Crippen LogP contribution in [0.4, 0.5) is 0 Å². The number of aromatic nitrogens is 2. The van der Waals surface area contributed by atoms with E-state index in [2.05, 4.69) is 5.32 Å². The van der Waals surface area contributed by atoms with E-state index in [0.717, 1.165) is 3.97 Å². The topological polar surface area (TPSA) is 90.2 Å². The monoisotopic (exact) mass is 359 g/mol. The van der Waals surface area contributed by atoms with Gasteiger partial charge in [-0.25, -0.2) is 13.2 Å². The third-order valence-electron chi connectivity index (χ3n) is 3.75. The van der Waals surface area contributed by atoms with Crippen LogP contribution in [0.3, 0.4) is 0 Å². The summed E-state index contributed by atoms with van der Waals surface area (Å²) in [6, 6.07) is 14.2. The number of nitrogens with zero attached hydrogens (tertiary/aromatic N) is 2. The molecule has 0 radical (unpaired) electrons. The summed E-state index contributed by atoms with van der Waals surface area (Å²) in [6.07, 6.45) is 0. The summed E-state index contributed by atoms with van der Waals surface area (Å²) in [5.41, 5.74) is -0.143. The molecule has 0 aliphatic carbocycles. The Bertz CT molecular complexity index is 1080. The molecular formula is C17H17N3O4S. The van der Waals surface area contributed by atoms with Gasteiger partial charge in [0.25, 0.3) is 10.0 Å². The second kappa shape index (κ2) is 6.56. The van der Waals surface area contributed by atoms with E-state index in [4.69, 9.17) is 0 Å². The zero-order valence-corrected chi connectivity index (χ0v) is 14.4. The number of likely N-dealkylation sites (N-methyl/N-ethyl adjacent to an activating group) is 1. The average molecular weight is 359 g/mol. The van der Waals surface area contributed by atoms with Gasteiger partial charge in [-0.05, 0) is 31.2 Å². The number of carbonyl (C=O) groups excluding carboxylic acids is 1. The molecule has 0 bridgehead atoms. The van der Waals surface area contributed by atoms with Crippen molar-refractivity contribution >= 4 is 27.0 Å². The number of hydrogen-bond donors (Lipinski definition) is 1. The predicted octanol–water partition coefficient (Wildman–Crippen LogP) is 1.18. The molecule has 0 saturated carbocycles. The number of para-hydroxylation sites is 2. The largest absolute Gasteiger partial charge is 0.355 e. The first-order valence-electron chi connectivity index (χ1n) is 7.74. The number of carbonyl (C=O) groups is 1. The number of amides is 1. The number of nitrogens with one attached hydrogen (secondary N) is 1. The summed E-state index contributed by atoms with van der Waals surface area (Å²) < 4.78 is 27.8. The molecule has 0 spiro atoms. The summed E-state index contributed by atoms with van der Waals surface area (Å²) in [6.45, 7) is 1.95. The summed E-state index contributed by atoms with van der Waals surface area (Å²) >= 11 is 0. The molecule has 1 heterocycles. The number of fused-ring (bicyclic) bond motifs is 1. The van der Waals surface area contributed by atoms with Gasteiger partial charge in [0.1, 0.15) is 6.54 Å². The first-order valence-corrected chi connectivity index (χ1v) is 9.18. The fourth-order valence-electron chi connectivity index (χ4n) is 2.66. The molecule has 3 aromatic rings. The van der Waals surface area contributed by atoms with Crippen LogP contribution in [0, 0.1) is 0 Å². The molecule has 0 aliphatic heterocycles. The Morgan fingerprint density at radius 3 is 2.24 bits per heavy atom. The van der Waals surface area contributed by atoms with Crippen LogP contribution in [-0.2, 0) is 21.4 Å². The molecule has 1 aromatic heterocycles. The van der Waals surface area contributed by atoms with Crippen LogP contribution >= 0.6 is 0 Å². The van der Waals surface area contributed by atoms with Crippen molar-refractivity contribution < 1.29 is 13.2 Å². The van der Waals surface area contributed by atoms with Gasteiger partial charge in [0.2, 0.25) is 5.91 Å². The van der Waals surface area contributed by atoms with E-state index >= 15 is 0 Å². The van der Waals surface area contributed by atoms with Crippen molar-refractivity contribution in [3.8, 4) is 0 Å². The van der Waals surface area contributed by atoms with Gasteiger partial charge in [-0.15, -0.1) is 0 Å². The van der Waals surface area contributed by atoms with E-state index < -0.39 is 15.7 Å². The molecule has 8 heteroatoms. The Morgan fingerprint density at radius 2 is 1.60 bits per heavy atom. The van der Waals surface area contributed by atoms with Crippen molar-refractivity contribution in [2.45, 2.75) is 18.4 Å². The molecule has 2 aromatic carbocycles. The molecule has 0 saturated heterocycles. The maximum Gasteiger partial charge on any atom is 0.343 e. The van der Waals surface area contributed by atoms with Crippen molar-refractivity contribution in [2.24, 2.45) is 0 Å². The molecular weight excluding hydrogens is 342 g/mol. The lowest BCUT2D eigenvalue weighted by Gasteiger charge is -2.05. The van der Waals surface area contributed by atoms with Crippen LogP contribution in [0.5, 0.6) is 0 Å². The second-order valence-corrected chi connectivity index (χ2v) is 7.18. The van der Waals surface area contributed by atoms with Gasteiger partial charge < -0.3 is 5.32 Å². The van der Waals surface area contributed by atoms with Gasteiger partial charge in [-0.2, -0.15) is 3.97 Å². The minimum Gasteiger partial charge on any atom is -0.355 e. The highest BCUT2D eigenvalue weighted by atomic mass is 32.2. The van der Waals surface area contributed by atoms with Crippen LogP contribution in [0.2, 0.25) is 0 Å².